The lowest BCUT2D eigenvalue weighted by Crippen LogP contribution is -2.46. The Balaban J connectivity index is 4.58. The molecule has 0 spiro atoms. The summed E-state index contributed by atoms with van der Waals surface area (Å²) >= 11 is 0. The van der Waals surface area contributed by atoms with Crippen LogP contribution in [-0.4, -0.2) is 46.9 Å². The molecule has 0 saturated carbocycles. The first kappa shape index (κ1) is 54.3. The van der Waals surface area contributed by atoms with Gasteiger partial charge in [0.1, 0.15) is 6.10 Å². The highest BCUT2D eigenvalue weighted by Crippen LogP contribution is 2.17. The SMILES string of the molecule is CCC/C=C\CCCCCCCC(=O)OC(CCCCC/C=C/CCCCCCCCCCC)CC(=O)NC(CO)C(O)CCCCCCCCCCCCC. The predicted molar refractivity (Wildman–Crippen MR) is 241 cm³/mol. The summed E-state index contributed by atoms with van der Waals surface area (Å²) in [6, 6.07) is -0.702. The number of ether oxygens (including phenoxy) is 1. The predicted octanol–water partition coefficient (Wildman–Crippen LogP) is 14.3. The van der Waals surface area contributed by atoms with Gasteiger partial charge in [0.15, 0.2) is 0 Å². The maximum atomic E-state index is 13.1. The zero-order valence-electron chi connectivity index (χ0n) is 37.5. The van der Waals surface area contributed by atoms with Gasteiger partial charge in [-0.1, -0.05) is 199 Å². The highest BCUT2D eigenvalue weighted by Gasteiger charge is 2.24. The van der Waals surface area contributed by atoms with Gasteiger partial charge in [0, 0.05) is 6.42 Å². The molecule has 330 valence electrons. The monoisotopic (exact) mass is 790 g/mol. The highest BCUT2D eigenvalue weighted by atomic mass is 16.5. The van der Waals surface area contributed by atoms with E-state index in [1.165, 1.54) is 135 Å². The molecular weight excluding hydrogens is 695 g/mol. The Kier molecular flexibility index (Phi) is 43.1. The third-order valence-corrected chi connectivity index (χ3v) is 11.2. The molecule has 0 aliphatic carbocycles. The van der Waals surface area contributed by atoms with E-state index in [0.29, 0.717) is 19.3 Å². The number of aliphatic hydroxyl groups excluding tert-OH is 2. The van der Waals surface area contributed by atoms with Gasteiger partial charge in [-0.15, -0.1) is 0 Å². The molecule has 0 heterocycles. The average Bonchev–Trinajstić information content (AvgIpc) is 3.19. The Labute approximate surface area is 348 Å². The zero-order chi connectivity index (χ0) is 41.0. The molecule has 0 fully saturated rings. The molecule has 3 atom stereocenters. The first-order valence-corrected chi connectivity index (χ1v) is 24.6. The Bertz CT molecular complexity index is 889. The molecule has 0 aliphatic rings. The molecule has 0 aliphatic heterocycles. The molecule has 0 bridgehead atoms. The molecule has 0 aromatic rings. The molecule has 0 radical (unpaired) electrons. The molecule has 6 heteroatoms. The van der Waals surface area contributed by atoms with Crippen LogP contribution in [0.5, 0.6) is 0 Å². The Morgan fingerprint density at radius 1 is 0.500 bits per heavy atom. The number of hydrogen-bond acceptors (Lipinski definition) is 5. The quantitative estimate of drug-likeness (QED) is 0.0324. The van der Waals surface area contributed by atoms with Crippen LogP contribution in [-0.2, 0) is 14.3 Å². The number of carbonyl (C=O) groups excluding carboxylic acids is 2. The minimum Gasteiger partial charge on any atom is -0.462 e. The van der Waals surface area contributed by atoms with Crippen LogP contribution in [0.15, 0.2) is 24.3 Å². The van der Waals surface area contributed by atoms with Crippen LogP contribution in [0.4, 0.5) is 0 Å². The van der Waals surface area contributed by atoms with Gasteiger partial charge in [-0.25, -0.2) is 0 Å². The van der Waals surface area contributed by atoms with E-state index in [2.05, 4.69) is 50.4 Å². The molecule has 6 nitrogen and oxygen atoms in total. The summed E-state index contributed by atoms with van der Waals surface area (Å²) in [6.45, 7) is 6.42. The van der Waals surface area contributed by atoms with Crippen molar-refractivity contribution in [1.82, 2.24) is 5.32 Å². The van der Waals surface area contributed by atoms with Gasteiger partial charge in [0.2, 0.25) is 5.91 Å². The highest BCUT2D eigenvalue weighted by molar-refractivity contribution is 5.77. The van der Waals surface area contributed by atoms with E-state index in [1.54, 1.807) is 0 Å². The molecule has 1 amide bonds. The van der Waals surface area contributed by atoms with Crippen molar-refractivity contribution in [3.63, 3.8) is 0 Å². The largest absolute Gasteiger partial charge is 0.462 e. The average molecular weight is 790 g/mol. The van der Waals surface area contributed by atoms with Crippen LogP contribution in [0.2, 0.25) is 0 Å². The third kappa shape index (κ3) is 39.2. The summed E-state index contributed by atoms with van der Waals surface area (Å²) in [4.78, 5) is 26.0. The Morgan fingerprint density at radius 2 is 0.893 bits per heavy atom. The molecule has 3 unspecified atom stereocenters. The minimum atomic E-state index is -0.788. The van der Waals surface area contributed by atoms with Crippen molar-refractivity contribution in [1.29, 1.82) is 0 Å². The normalized spacial score (nSPS) is 13.4. The molecule has 56 heavy (non-hydrogen) atoms. The fourth-order valence-corrected chi connectivity index (χ4v) is 7.49. The molecular formula is C50H95NO5. The second-order valence-corrected chi connectivity index (χ2v) is 16.9. The summed E-state index contributed by atoms with van der Waals surface area (Å²) < 4.78 is 5.90. The van der Waals surface area contributed by atoms with Crippen molar-refractivity contribution < 1.29 is 24.5 Å². The first-order chi connectivity index (χ1) is 27.5. The summed E-state index contributed by atoms with van der Waals surface area (Å²) in [7, 11) is 0. The topological polar surface area (TPSA) is 95.9 Å². The maximum absolute atomic E-state index is 13.1. The molecule has 0 saturated heterocycles. The maximum Gasteiger partial charge on any atom is 0.306 e. The fraction of sp³-hybridized carbons (Fsp3) is 0.880. The first-order valence-electron chi connectivity index (χ1n) is 24.6. The van der Waals surface area contributed by atoms with E-state index < -0.39 is 18.2 Å². The number of hydrogen-bond donors (Lipinski definition) is 3. The number of unbranched alkanes of at least 4 members (excludes halogenated alkanes) is 28. The Hall–Kier alpha value is -1.66. The zero-order valence-corrected chi connectivity index (χ0v) is 37.5. The van der Waals surface area contributed by atoms with Gasteiger partial charge >= 0.3 is 5.97 Å². The number of amides is 1. The second kappa shape index (κ2) is 44.4. The lowest BCUT2D eigenvalue weighted by molar-refractivity contribution is -0.151. The van der Waals surface area contributed by atoms with E-state index in [0.717, 1.165) is 77.0 Å². The van der Waals surface area contributed by atoms with Gasteiger partial charge in [-0.2, -0.15) is 0 Å². The van der Waals surface area contributed by atoms with Gasteiger partial charge in [0.25, 0.3) is 0 Å². The Morgan fingerprint density at radius 3 is 1.36 bits per heavy atom. The standard InChI is InChI=1S/C50H95NO5/c1-4-7-10-13-16-19-22-23-24-25-26-28-29-32-35-38-41-46(56-50(55)43-40-37-34-31-21-18-15-12-9-6-3)44-49(54)51-47(45-52)48(53)42-39-36-33-30-27-20-17-14-11-8-5-2/h12,15,26,28,46-48,52-53H,4-11,13-14,16-25,27,29-45H2,1-3H3,(H,51,54)/b15-12-,28-26+. The third-order valence-electron chi connectivity index (χ3n) is 11.2. The molecule has 3 N–H and O–H groups in total. The number of allylic oxidation sites excluding steroid dienone is 4. The van der Waals surface area contributed by atoms with Gasteiger partial charge in [-0.3, -0.25) is 9.59 Å². The van der Waals surface area contributed by atoms with Crippen LogP contribution in [0.1, 0.15) is 258 Å². The summed E-state index contributed by atoms with van der Waals surface area (Å²) in [5, 5.41) is 23.7. The van der Waals surface area contributed by atoms with Crippen LogP contribution in [0.3, 0.4) is 0 Å². The number of aliphatic hydroxyl groups is 2. The van der Waals surface area contributed by atoms with Crippen LogP contribution < -0.4 is 5.32 Å². The van der Waals surface area contributed by atoms with Gasteiger partial charge in [-0.05, 0) is 70.6 Å². The van der Waals surface area contributed by atoms with E-state index in [-0.39, 0.29) is 24.9 Å². The van der Waals surface area contributed by atoms with E-state index >= 15 is 0 Å². The second-order valence-electron chi connectivity index (χ2n) is 16.9. The summed E-state index contributed by atoms with van der Waals surface area (Å²) in [6.07, 6.45) is 49.5. The van der Waals surface area contributed by atoms with Crippen molar-refractivity contribution >= 4 is 11.9 Å². The van der Waals surface area contributed by atoms with Crippen molar-refractivity contribution in [2.24, 2.45) is 0 Å². The number of esters is 1. The van der Waals surface area contributed by atoms with E-state index in [4.69, 9.17) is 4.74 Å². The minimum absolute atomic E-state index is 0.0671. The van der Waals surface area contributed by atoms with E-state index in [1.807, 2.05) is 0 Å². The number of nitrogens with one attached hydrogen (secondary N) is 1. The van der Waals surface area contributed by atoms with Crippen LogP contribution in [0.25, 0.3) is 0 Å². The van der Waals surface area contributed by atoms with Crippen LogP contribution in [0, 0.1) is 0 Å². The molecule has 0 aromatic carbocycles. The fourth-order valence-electron chi connectivity index (χ4n) is 7.49. The van der Waals surface area contributed by atoms with Crippen molar-refractivity contribution in [3.8, 4) is 0 Å². The van der Waals surface area contributed by atoms with E-state index in [9.17, 15) is 19.8 Å². The molecule has 0 aromatic heterocycles. The summed E-state index contributed by atoms with van der Waals surface area (Å²) in [5.41, 5.74) is 0. The van der Waals surface area contributed by atoms with Crippen molar-refractivity contribution in [2.75, 3.05) is 6.61 Å². The van der Waals surface area contributed by atoms with Gasteiger partial charge < -0.3 is 20.3 Å². The number of carbonyl (C=O) groups is 2. The van der Waals surface area contributed by atoms with Gasteiger partial charge in [0.05, 0.1) is 25.2 Å². The van der Waals surface area contributed by atoms with Crippen LogP contribution >= 0.6 is 0 Å². The van der Waals surface area contributed by atoms with Crippen molar-refractivity contribution in [3.05, 3.63) is 24.3 Å². The summed E-state index contributed by atoms with van der Waals surface area (Å²) in [5.74, 6) is -0.493. The lowest BCUT2D eigenvalue weighted by atomic mass is 10.0. The smallest absolute Gasteiger partial charge is 0.306 e. The number of rotatable bonds is 44. The molecule has 0 rings (SSSR count). The lowest BCUT2D eigenvalue weighted by Gasteiger charge is -2.24. The van der Waals surface area contributed by atoms with Crippen molar-refractivity contribution in [2.45, 2.75) is 277 Å².